The Morgan fingerprint density at radius 1 is 1.11 bits per heavy atom. The van der Waals surface area contributed by atoms with Gasteiger partial charge in [0.1, 0.15) is 0 Å². The second-order valence-electron chi connectivity index (χ2n) is 5.87. The zero-order chi connectivity index (χ0) is 18.8. The summed E-state index contributed by atoms with van der Waals surface area (Å²) in [6, 6.07) is 16.5. The Balaban J connectivity index is 1.55. The van der Waals surface area contributed by atoms with Crippen molar-refractivity contribution in [2.24, 2.45) is 15.3 Å². The van der Waals surface area contributed by atoms with E-state index in [0.29, 0.717) is 16.5 Å². The second-order valence-corrected chi connectivity index (χ2v) is 7.62. The first kappa shape index (κ1) is 17.7. The van der Waals surface area contributed by atoms with E-state index in [4.69, 9.17) is 0 Å². The van der Waals surface area contributed by atoms with Crippen LogP contribution in [0.4, 0.5) is 10.8 Å². The van der Waals surface area contributed by atoms with Crippen LogP contribution in [0, 0.1) is 0 Å². The first-order valence-corrected chi connectivity index (χ1v) is 9.85. The molecule has 134 valence electrons. The van der Waals surface area contributed by atoms with Crippen LogP contribution >= 0.6 is 27.3 Å². The fraction of sp³-hybridized carbons (Fsp3) is 0.105. The van der Waals surface area contributed by atoms with Gasteiger partial charge in [0.2, 0.25) is 5.13 Å². The normalized spacial score (nSPS) is 17.0. The molecule has 4 rings (SSSR count). The van der Waals surface area contributed by atoms with Gasteiger partial charge in [-0.25, -0.2) is 4.98 Å². The summed E-state index contributed by atoms with van der Waals surface area (Å²) < 4.78 is 1.00. The van der Waals surface area contributed by atoms with Gasteiger partial charge in [-0.1, -0.05) is 46.3 Å². The highest BCUT2D eigenvalue weighted by atomic mass is 79.9. The van der Waals surface area contributed by atoms with E-state index in [1.165, 1.54) is 16.3 Å². The number of hydrogen-bond donors (Lipinski definition) is 0. The standard InChI is InChI=1S/C19H14BrN5OS/c1-12-17(23-22-15-5-3-2-4-6-15)18(26)25(24-12)19-21-16(11-27-19)13-7-9-14(20)10-8-13/h2-11,17H,1H3/t17-/m0/s1. The Hall–Kier alpha value is -2.71. The molecule has 8 heteroatoms. The van der Waals surface area contributed by atoms with Crippen LogP contribution in [0.5, 0.6) is 0 Å². The molecule has 0 bridgehead atoms. The van der Waals surface area contributed by atoms with Gasteiger partial charge in [0.05, 0.1) is 17.1 Å². The van der Waals surface area contributed by atoms with Crippen molar-refractivity contribution in [1.82, 2.24) is 4.98 Å². The molecule has 1 aliphatic heterocycles. The van der Waals surface area contributed by atoms with Crippen LogP contribution in [-0.2, 0) is 4.79 Å². The highest BCUT2D eigenvalue weighted by Crippen LogP contribution is 2.31. The number of carbonyl (C=O) groups excluding carboxylic acids is 1. The number of thiazole rings is 1. The molecule has 2 heterocycles. The van der Waals surface area contributed by atoms with E-state index >= 15 is 0 Å². The van der Waals surface area contributed by atoms with Gasteiger partial charge in [-0.2, -0.15) is 20.3 Å². The summed E-state index contributed by atoms with van der Waals surface area (Å²) in [5, 5.41) is 16.4. The minimum atomic E-state index is -0.717. The number of azo groups is 1. The lowest BCUT2D eigenvalue weighted by Gasteiger charge is -2.08. The average Bonchev–Trinajstić information content (AvgIpc) is 3.27. The number of amides is 1. The molecule has 2 aromatic carbocycles. The molecular formula is C19H14BrN5OS. The lowest BCUT2D eigenvalue weighted by molar-refractivity contribution is -0.117. The number of hydrogen-bond acceptors (Lipinski definition) is 6. The van der Waals surface area contributed by atoms with E-state index < -0.39 is 6.04 Å². The molecule has 0 unspecified atom stereocenters. The van der Waals surface area contributed by atoms with Gasteiger partial charge in [0.15, 0.2) is 6.04 Å². The van der Waals surface area contributed by atoms with Crippen molar-refractivity contribution in [2.45, 2.75) is 13.0 Å². The monoisotopic (exact) mass is 439 g/mol. The first-order valence-electron chi connectivity index (χ1n) is 8.18. The van der Waals surface area contributed by atoms with Crippen molar-refractivity contribution < 1.29 is 4.79 Å². The van der Waals surface area contributed by atoms with Crippen LogP contribution in [0.2, 0.25) is 0 Å². The Morgan fingerprint density at radius 2 is 1.85 bits per heavy atom. The number of benzene rings is 2. The Bertz CT molecular complexity index is 1030. The van der Waals surface area contributed by atoms with Gasteiger partial charge in [-0.05, 0) is 31.2 Å². The maximum absolute atomic E-state index is 12.7. The van der Waals surface area contributed by atoms with E-state index in [9.17, 15) is 4.79 Å². The largest absolute Gasteiger partial charge is 0.282 e. The second kappa shape index (κ2) is 7.50. The van der Waals surface area contributed by atoms with Crippen LogP contribution < -0.4 is 5.01 Å². The summed E-state index contributed by atoms with van der Waals surface area (Å²) >= 11 is 4.79. The molecule has 0 saturated heterocycles. The third-order valence-corrected chi connectivity index (χ3v) is 5.30. The van der Waals surface area contributed by atoms with Gasteiger partial charge in [-0.3, -0.25) is 4.79 Å². The number of halogens is 1. The predicted molar refractivity (Wildman–Crippen MR) is 111 cm³/mol. The van der Waals surface area contributed by atoms with Crippen LogP contribution in [0.1, 0.15) is 6.92 Å². The third-order valence-electron chi connectivity index (χ3n) is 3.95. The van der Waals surface area contributed by atoms with Gasteiger partial charge in [0, 0.05) is 15.4 Å². The lowest BCUT2D eigenvalue weighted by Crippen LogP contribution is -2.29. The minimum absolute atomic E-state index is 0.246. The Labute approximate surface area is 168 Å². The molecule has 1 aliphatic rings. The van der Waals surface area contributed by atoms with Crippen molar-refractivity contribution in [1.29, 1.82) is 0 Å². The molecule has 3 aromatic rings. The maximum Gasteiger partial charge on any atom is 0.282 e. The van der Waals surface area contributed by atoms with E-state index in [1.807, 2.05) is 60.0 Å². The van der Waals surface area contributed by atoms with Gasteiger partial charge in [0.25, 0.3) is 5.91 Å². The number of nitrogens with zero attached hydrogens (tertiary/aromatic N) is 5. The molecule has 0 aliphatic carbocycles. The smallest absolute Gasteiger partial charge is 0.269 e. The molecule has 0 fully saturated rings. The molecule has 1 aromatic heterocycles. The van der Waals surface area contributed by atoms with E-state index in [0.717, 1.165) is 15.7 Å². The zero-order valence-corrected chi connectivity index (χ0v) is 16.7. The summed E-state index contributed by atoms with van der Waals surface area (Å²) in [6.07, 6.45) is 0. The zero-order valence-electron chi connectivity index (χ0n) is 14.3. The first-order chi connectivity index (χ1) is 13.1. The molecule has 6 nitrogen and oxygen atoms in total. The summed E-state index contributed by atoms with van der Waals surface area (Å²) in [5.74, 6) is -0.246. The fourth-order valence-electron chi connectivity index (χ4n) is 2.56. The molecular weight excluding hydrogens is 426 g/mol. The fourth-order valence-corrected chi connectivity index (χ4v) is 3.61. The van der Waals surface area contributed by atoms with E-state index in [1.54, 1.807) is 6.92 Å². The molecule has 0 spiro atoms. The molecule has 1 atom stereocenters. The van der Waals surface area contributed by atoms with Gasteiger partial charge < -0.3 is 0 Å². The van der Waals surface area contributed by atoms with E-state index in [2.05, 4.69) is 36.2 Å². The number of carbonyl (C=O) groups is 1. The summed E-state index contributed by atoms with van der Waals surface area (Å²) in [6.45, 7) is 1.77. The van der Waals surface area contributed by atoms with Crippen LogP contribution in [0.3, 0.4) is 0 Å². The van der Waals surface area contributed by atoms with Crippen molar-refractivity contribution in [3.8, 4) is 11.3 Å². The highest BCUT2D eigenvalue weighted by molar-refractivity contribution is 9.10. The number of anilines is 1. The molecule has 0 radical (unpaired) electrons. The SMILES string of the molecule is CC1=NN(c2nc(-c3ccc(Br)cc3)cs2)C(=O)[C@H]1N=Nc1ccccc1. The molecule has 1 amide bonds. The van der Waals surface area contributed by atoms with Crippen molar-refractivity contribution in [3.05, 3.63) is 64.5 Å². The Morgan fingerprint density at radius 3 is 2.59 bits per heavy atom. The Kier molecular flexibility index (Phi) is 4.91. The number of aromatic nitrogens is 1. The minimum Gasteiger partial charge on any atom is -0.269 e. The van der Waals surface area contributed by atoms with Crippen LogP contribution in [0.15, 0.2) is 79.8 Å². The lowest BCUT2D eigenvalue weighted by atomic mass is 10.2. The maximum atomic E-state index is 12.7. The molecule has 0 saturated carbocycles. The van der Waals surface area contributed by atoms with Gasteiger partial charge in [-0.15, -0.1) is 11.3 Å². The van der Waals surface area contributed by atoms with E-state index in [-0.39, 0.29) is 5.91 Å². The quantitative estimate of drug-likeness (QED) is 0.507. The summed E-state index contributed by atoms with van der Waals surface area (Å²) in [7, 11) is 0. The highest BCUT2D eigenvalue weighted by Gasteiger charge is 2.36. The third kappa shape index (κ3) is 3.72. The number of hydrazone groups is 1. The van der Waals surface area contributed by atoms with Crippen molar-refractivity contribution >= 4 is 49.7 Å². The van der Waals surface area contributed by atoms with Crippen molar-refractivity contribution in [3.63, 3.8) is 0 Å². The average molecular weight is 440 g/mol. The predicted octanol–water partition coefficient (Wildman–Crippen LogP) is 5.45. The number of rotatable bonds is 4. The topological polar surface area (TPSA) is 70.3 Å². The summed E-state index contributed by atoms with van der Waals surface area (Å²) in [5.41, 5.74) is 3.08. The molecule has 0 N–H and O–H groups in total. The summed E-state index contributed by atoms with van der Waals surface area (Å²) in [4.78, 5) is 17.3. The van der Waals surface area contributed by atoms with Crippen LogP contribution in [0.25, 0.3) is 11.3 Å². The van der Waals surface area contributed by atoms with Gasteiger partial charge >= 0.3 is 0 Å². The van der Waals surface area contributed by atoms with Crippen molar-refractivity contribution in [2.75, 3.05) is 5.01 Å². The van der Waals surface area contributed by atoms with Crippen LogP contribution in [-0.4, -0.2) is 22.6 Å². The molecule has 27 heavy (non-hydrogen) atoms.